The number of thiol groups is 4. The molecule has 0 saturated heterocycles. The summed E-state index contributed by atoms with van der Waals surface area (Å²) in [4.78, 5) is 0. The zero-order chi connectivity index (χ0) is 19.3. The second kappa shape index (κ2) is 44.1. The van der Waals surface area contributed by atoms with E-state index in [0.717, 1.165) is 23.0 Å². The van der Waals surface area contributed by atoms with E-state index in [1.54, 1.807) is 0 Å². The first-order valence-corrected chi connectivity index (χ1v) is 12.6. The fourth-order valence-corrected chi connectivity index (χ4v) is 2.34. The van der Waals surface area contributed by atoms with Gasteiger partial charge in [0.05, 0.1) is 0 Å². The molecular weight excluding hydrogens is 368 g/mol. The van der Waals surface area contributed by atoms with Gasteiger partial charge in [-0.05, 0) is 48.7 Å². The predicted molar refractivity (Wildman–Crippen MR) is 134 cm³/mol. The van der Waals surface area contributed by atoms with Gasteiger partial charge in [0, 0.05) is 0 Å². The molecule has 0 rings (SSSR count). The Balaban J connectivity index is -0.000000111. The molecule has 0 N–H and O–H groups in total. The standard InChI is InChI=1S/4C5H12S/c4*1-2-3-4-5-6/h4*6H,2-5H2,1H3. The molecule has 0 aromatic rings. The minimum absolute atomic E-state index is 1.05. The van der Waals surface area contributed by atoms with Crippen molar-refractivity contribution in [3.05, 3.63) is 0 Å². The van der Waals surface area contributed by atoms with Crippen molar-refractivity contribution in [1.82, 2.24) is 0 Å². The molecule has 0 amide bonds. The molecule has 0 aliphatic rings. The van der Waals surface area contributed by atoms with E-state index in [9.17, 15) is 0 Å². The normalized spacial score (nSPS) is 9.00. The summed E-state index contributed by atoms with van der Waals surface area (Å²) in [6.07, 6.45) is 15.7. The summed E-state index contributed by atoms with van der Waals surface area (Å²) >= 11 is 16.2. The quantitative estimate of drug-likeness (QED) is 0.178. The van der Waals surface area contributed by atoms with Crippen LogP contribution in [-0.2, 0) is 0 Å². The van der Waals surface area contributed by atoms with Gasteiger partial charge < -0.3 is 0 Å². The molecular formula is C20H48S4. The lowest BCUT2D eigenvalue weighted by Gasteiger charge is -1.85. The second-order valence-corrected chi connectivity index (χ2v) is 7.51. The maximum atomic E-state index is 4.05. The topological polar surface area (TPSA) is 0 Å². The van der Waals surface area contributed by atoms with E-state index in [1.165, 1.54) is 77.0 Å². The van der Waals surface area contributed by atoms with Crippen LogP contribution >= 0.6 is 50.5 Å². The van der Waals surface area contributed by atoms with Gasteiger partial charge in [-0.25, -0.2) is 0 Å². The van der Waals surface area contributed by atoms with Crippen molar-refractivity contribution < 1.29 is 0 Å². The third kappa shape index (κ3) is 65.4. The first kappa shape index (κ1) is 33.0. The van der Waals surface area contributed by atoms with Gasteiger partial charge in [0.1, 0.15) is 0 Å². The van der Waals surface area contributed by atoms with E-state index in [2.05, 4.69) is 78.2 Å². The minimum Gasteiger partial charge on any atom is -0.179 e. The maximum absolute atomic E-state index is 4.05. The van der Waals surface area contributed by atoms with Crippen LogP contribution in [0.2, 0.25) is 0 Å². The lowest BCUT2D eigenvalue weighted by atomic mass is 10.3. The highest BCUT2D eigenvalue weighted by molar-refractivity contribution is 7.80. The van der Waals surface area contributed by atoms with Crippen LogP contribution in [0.1, 0.15) is 105 Å². The third-order valence-electron chi connectivity index (χ3n) is 3.05. The highest BCUT2D eigenvalue weighted by Crippen LogP contribution is 1.95. The summed E-state index contributed by atoms with van der Waals surface area (Å²) in [5.41, 5.74) is 0. The number of unbranched alkanes of at least 4 members (excludes halogenated alkanes) is 8. The van der Waals surface area contributed by atoms with Crippen LogP contribution in [0.25, 0.3) is 0 Å². The maximum Gasteiger partial charge on any atom is -0.00979 e. The number of hydrogen-bond donors (Lipinski definition) is 4. The Labute approximate surface area is 177 Å². The predicted octanol–water partition coefficient (Wildman–Crippen LogP) is 8.43. The Hall–Kier alpha value is 1.40. The lowest BCUT2D eigenvalue weighted by molar-refractivity contribution is 0.780. The van der Waals surface area contributed by atoms with E-state index in [-0.39, 0.29) is 0 Å². The minimum atomic E-state index is 1.05. The van der Waals surface area contributed by atoms with Crippen LogP contribution < -0.4 is 0 Å². The number of rotatable bonds is 12. The molecule has 0 aromatic carbocycles. The van der Waals surface area contributed by atoms with E-state index in [1.807, 2.05) is 0 Å². The van der Waals surface area contributed by atoms with Crippen molar-refractivity contribution in [2.75, 3.05) is 23.0 Å². The monoisotopic (exact) mass is 416 g/mol. The molecule has 0 heterocycles. The molecule has 0 nitrogen and oxygen atoms in total. The van der Waals surface area contributed by atoms with Crippen molar-refractivity contribution in [3.8, 4) is 0 Å². The van der Waals surface area contributed by atoms with Gasteiger partial charge in [-0.2, -0.15) is 50.5 Å². The summed E-state index contributed by atoms with van der Waals surface area (Å²) in [5.74, 6) is 4.20. The van der Waals surface area contributed by atoms with Gasteiger partial charge >= 0.3 is 0 Å². The molecule has 24 heavy (non-hydrogen) atoms. The van der Waals surface area contributed by atoms with E-state index >= 15 is 0 Å². The molecule has 0 radical (unpaired) electrons. The molecule has 0 bridgehead atoms. The van der Waals surface area contributed by atoms with Gasteiger partial charge in [0.25, 0.3) is 0 Å². The molecule has 0 aliphatic carbocycles. The largest absolute Gasteiger partial charge is 0.179 e. The Morgan fingerprint density at radius 1 is 0.333 bits per heavy atom. The number of hydrogen-bond acceptors (Lipinski definition) is 4. The van der Waals surface area contributed by atoms with Crippen molar-refractivity contribution in [1.29, 1.82) is 0 Å². The second-order valence-electron chi connectivity index (χ2n) is 5.72. The molecule has 0 fully saturated rings. The SMILES string of the molecule is CCCCCS.CCCCCS.CCCCCS.CCCCCS. The summed E-state index contributed by atoms with van der Waals surface area (Å²) in [7, 11) is 0. The fourth-order valence-electron chi connectivity index (χ4n) is 1.45. The van der Waals surface area contributed by atoms with Gasteiger partial charge in [0.15, 0.2) is 0 Å². The lowest BCUT2D eigenvalue weighted by Crippen LogP contribution is -1.70. The highest BCUT2D eigenvalue weighted by atomic mass is 32.1. The zero-order valence-corrected chi connectivity index (χ0v) is 20.7. The molecule has 152 valence electrons. The summed E-state index contributed by atoms with van der Waals surface area (Å²) < 4.78 is 0. The van der Waals surface area contributed by atoms with Gasteiger partial charge in [-0.3, -0.25) is 0 Å². The van der Waals surface area contributed by atoms with Crippen molar-refractivity contribution >= 4 is 50.5 Å². The fraction of sp³-hybridized carbons (Fsp3) is 1.00. The third-order valence-corrected chi connectivity index (χ3v) is 4.31. The first-order valence-electron chi connectivity index (χ1n) is 10.1. The van der Waals surface area contributed by atoms with Crippen molar-refractivity contribution in [2.45, 2.75) is 105 Å². The Morgan fingerprint density at radius 3 is 0.542 bits per heavy atom. The van der Waals surface area contributed by atoms with Gasteiger partial charge in [0.2, 0.25) is 0 Å². The average Bonchev–Trinajstić information content (AvgIpc) is 2.62. The molecule has 0 aromatic heterocycles. The van der Waals surface area contributed by atoms with Crippen LogP contribution in [0.5, 0.6) is 0 Å². The zero-order valence-electron chi connectivity index (χ0n) is 17.1. The van der Waals surface area contributed by atoms with E-state index in [0.29, 0.717) is 0 Å². The Bertz CT molecular complexity index is 95.6. The van der Waals surface area contributed by atoms with Crippen LogP contribution in [0.15, 0.2) is 0 Å². The van der Waals surface area contributed by atoms with Crippen LogP contribution in [0.4, 0.5) is 0 Å². The van der Waals surface area contributed by atoms with Crippen molar-refractivity contribution in [2.24, 2.45) is 0 Å². The smallest absolute Gasteiger partial charge is 0.00979 e. The van der Waals surface area contributed by atoms with Crippen LogP contribution in [0, 0.1) is 0 Å². The summed E-state index contributed by atoms with van der Waals surface area (Å²) in [6.45, 7) is 8.79. The van der Waals surface area contributed by atoms with E-state index in [4.69, 9.17) is 0 Å². The average molecular weight is 417 g/mol. The summed E-state index contributed by atoms with van der Waals surface area (Å²) in [5, 5.41) is 0. The van der Waals surface area contributed by atoms with Crippen LogP contribution in [0.3, 0.4) is 0 Å². The van der Waals surface area contributed by atoms with E-state index < -0.39 is 0 Å². The highest BCUT2D eigenvalue weighted by Gasteiger charge is 1.77. The molecule has 0 unspecified atom stereocenters. The van der Waals surface area contributed by atoms with Gasteiger partial charge in [-0.15, -0.1) is 0 Å². The first-order chi connectivity index (χ1) is 11.7. The molecule has 0 spiro atoms. The molecule has 0 atom stereocenters. The Morgan fingerprint density at radius 2 is 0.500 bits per heavy atom. The van der Waals surface area contributed by atoms with Crippen molar-refractivity contribution in [3.63, 3.8) is 0 Å². The molecule has 0 aliphatic heterocycles. The Kier molecular flexibility index (Phi) is 60.7. The van der Waals surface area contributed by atoms with Crippen LogP contribution in [-0.4, -0.2) is 23.0 Å². The van der Waals surface area contributed by atoms with Gasteiger partial charge in [-0.1, -0.05) is 79.1 Å². The molecule has 4 heteroatoms. The molecule has 0 saturated carbocycles. The summed E-state index contributed by atoms with van der Waals surface area (Å²) in [6, 6.07) is 0.